The first-order chi connectivity index (χ1) is 13.2. The molecule has 0 unspecified atom stereocenters. The molecule has 1 rings (SSSR count). The number of rotatable bonds is 15. The van der Waals surface area contributed by atoms with E-state index in [1.54, 1.807) is 0 Å². The summed E-state index contributed by atoms with van der Waals surface area (Å²) in [6, 6.07) is 0. The molecule has 0 atom stereocenters. The molecule has 3 nitrogen and oxygen atoms in total. The quantitative estimate of drug-likeness (QED) is 0.276. The van der Waals surface area contributed by atoms with Gasteiger partial charge in [-0.2, -0.15) is 0 Å². The van der Waals surface area contributed by atoms with E-state index in [4.69, 9.17) is 0 Å². The Morgan fingerprint density at radius 2 is 1.30 bits per heavy atom. The van der Waals surface area contributed by atoms with E-state index >= 15 is 0 Å². The third-order valence-electron chi connectivity index (χ3n) is 4.44. The Kier molecular flexibility index (Phi) is 14.0. The first-order valence-electron chi connectivity index (χ1n) is 10.7. The summed E-state index contributed by atoms with van der Waals surface area (Å²) in [5, 5.41) is 2.47. The molecule has 3 heteroatoms. The summed E-state index contributed by atoms with van der Waals surface area (Å²) in [6.45, 7) is 2.23. The van der Waals surface area contributed by atoms with Crippen LogP contribution in [0.3, 0.4) is 0 Å². The van der Waals surface area contributed by atoms with Crippen molar-refractivity contribution in [3.05, 3.63) is 48.6 Å². The first-order valence-corrected chi connectivity index (χ1v) is 10.7. The molecule has 27 heavy (non-hydrogen) atoms. The molecule has 0 heterocycles. The lowest BCUT2D eigenvalue weighted by atomic mass is 10.2. The molecule has 0 radical (unpaired) electrons. The normalized spacial score (nSPS) is 14.9. The third kappa shape index (κ3) is 14.9. The average Bonchev–Trinajstić information content (AvgIpc) is 3.49. The van der Waals surface area contributed by atoms with Gasteiger partial charge in [0.1, 0.15) is 0 Å². The zero-order chi connectivity index (χ0) is 19.6. The van der Waals surface area contributed by atoms with Crippen LogP contribution >= 0.6 is 0 Å². The SMILES string of the molecule is CCCCC/C=C\C/C=C\C/C=C\C/C=C\CCCC(=O)NC(=O)C1CC1. The average molecular weight is 372 g/mol. The second kappa shape index (κ2) is 16.3. The zero-order valence-corrected chi connectivity index (χ0v) is 17.0. The van der Waals surface area contributed by atoms with Gasteiger partial charge in [-0.1, -0.05) is 68.4 Å². The summed E-state index contributed by atoms with van der Waals surface area (Å²) in [5.74, 6) is -0.122. The number of hydrogen-bond donors (Lipinski definition) is 1. The molecule has 1 N–H and O–H groups in total. The van der Waals surface area contributed by atoms with Gasteiger partial charge in [0.2, 0.25) is 11.8 Å². The minimum atomic E-state index is -0.136. The number of hydrogen-bond acceptors (Lipinski definition) is 2. The van der Waals surface area contributed by atoms with Gasteiger partial charge in [0.25, 0.3) is 0 Å². The van der Waals surface area contributed by atoms with Crippen molar-refractivity contribution in [3.8, 4) is 0 Å². The summed E-state index contributed by atoms with van der Waals surface area (Å²) in [7, 11) is 0. The fraction of sp³-hybridized carbons (Fsp3) is 0.583. The molecule has 0 aromatic carbocycles. The molecule has 1 fully saturated rings. The van der Waals surface area contributed by atoms with Gasteiger partial charge in [-0.3, -0.25) is 14.9 Å². The van der Waals surface area contributed by atoms with E-state index in [2.05, 4.69) is 60.8 Å². The van der Waals surface area contributed by atoms with Crippen molar-refractivity contribution in [3.63, 3.8) is 0 Å². The number of allylic oxidation sites excluding steroid dienone is 8. The standard InChI is InChI=1S/C24H37NO2/c1-2-3-4-5-6-7-8-9-10-11-12-13-14-15-16-17-18-19-23(26)25-24(27)22-20-21-22/h6-7,9-10,12-13,15-16,22H,2-5,8,11,14,17-21H2,1H3,(H,25,26,27)/b7-6-,10-9-,13-12-,16-15-. The first kappa shape index (κ1) is 23.1. The molecule has 1 saturated carbocycles. The van der Waals surface area contributed by atoms with Crippen molar-refractivity contribution in [2.45, 2.75) is 84.0 Å². The van der Waals surface area contributed by atoms with Gasteiger partial charge in [0.05, 0.1) is 0 Å². The van der Waals surface area contributed by atoms with Crippen molar-refractivity contribution in [2.75, 3.05) is 0 Å². The van der Waals surface area contributed by atoms with Crippen LogP contribution in [0.15, 0.2) is 48.6 Å². The Morgan fingerprint density at radius 1 is 0.778 bits per heavy atom. The predicted octanol–water partition coefficient (Wildman–Crippen LogP) is 6.18. The number of unbranched alkanes of at least 4 members (excludes halogenated alkanes) is 4. The highest BCUT2D eigenvalue weighted by Gasteiger charge is 2.30. The second-order valence-corrected chi connectivity index (χ2v) is 7.17. The molecule has 0 bridgehead atoms. The van der Waals surface area contributed by atoms with Gasteiger partial charge < -0.3 is 0 Å². The smallest absolute Gasteiger partial charge is 0.229 e. The number of imide groups is 1. The summed E-state index contributed by atoms with van der Waals surface area (Å²) in [5.41, 5.74) is 0. The Hall–Kier alpha value is -1.90. The summed E-state index contributed by atoms with van der Waals surface area (Å²) in [4.78, 5) is 23.0. The molecule has 1 aliphatic carbocycles. The Morgan fingerprint density at radius 3 is 1.81 bits per heavy atom. The summed E-state index contributed by atoms with van der Waals surface area (Å²) in [6.07, 6.45) is 29.6. The Bertz CT molecular complexity index is 524. The van der Waals surface area contributed by atoms with Crippen LogP contribution < -0.4 is 5.32 Å². The fourth-order valence-corrected chi connectivity index (χ4v) is 2.59. The summed E-state index contributed by atoms with van der Waals surface area (Å²) < 4.78 is 0. The van der Waals surface area contributed by atoms with Gasteiger partial charge in [-0.25, -0.2) is 0 Å². The minimum absolute atomic E-state index is 0.0854. The van der Waals surface area contributed by atoms with Crippen molar-refractivity contribution < 1.29 is 9.59 Å². The molecule has 1 aliphatic rings. The van der Waals surface area contributed by atoms with Gasteiger partial charge in [-0.05, 0) is 57.8 Å². The highest BCUT2D eigenvalue weighted by molar-refractivity contribution is 5.97. The topological polar surface area (TPSA) is 46.2 Å². The van der Waals surface area contributed by atoms with Crippen LogP contribution in [0.2, 0.25) is 0 Å². The fourth-order valence-electron chi connectivity index (χ4n) is 2.59. The lowest BCUT2D eigenvalue weighted by molar-refractivity contribution is -0.131. The third-order valence-corrected chi connectivity index (χ3v) is 4.44. The van der Waals surface area contributed by atoms with E-state index in [1.165, 1.54) is 25.7 Å². The van der Waals surface area contributed by atoms with E-state index in [9.17, 15) is 9.59 Å². The molecule has 0 aromatic heterocycles. The maximum absolute atomic E-state index is 11.6. The number of nitrogens with one attached hydrogen (secondary N) is 1. The molecule has 2 amide bonds. The summed E-state index contributed by atoms with van der Waals surface area (Å²) >= 11 is 0. The van der Waals surface area contributed by atoms with Crippen LogP contribution in [0.25, 0.3) is 0 Å². The maximum atomic E-state index is 11.6. The molecule has 0 aromatic rings. The number of amides is 2. The van der Waals surface area contributed by atoms with Gasteiger partial charge in [0.15, 0.2) is 0 Å². The highest BCUT2D eigenvalue weighted by atomic mass is 16.2. The van der Waals surface area contributed by atoms with Crippen molar-refractivity contribution in [1.29, 1.82) is 0 Å². The number of carbonyl (C=O) groups excluding carboxylic acids is 2. The van der Waals surface area contributed by atoms with Crippen LogP contribution in [-0.4, -0.2) is 11.8 Å². The Labute approximate surface area is 165 Å². The van der Waals surface area contributed by atoms with Crippen LogP contribution in [0.4, 0.5) is 0 Å². The van der Waals surface area contributed by atoms with E-state index in [1.807, 2.05) is 0 Å². The Balaban J connectivity index is 1.90. The monoisotopic (exact) mass is 371 g/mol. The molecule has 0 spiro atoms. The van der Waals surface area contributed by atoms with Gasteiger partial charge in [0, 0.05) is 12.3 Å². The highest BCUT2D eigenvalue weighted by Crippen LogP contribution is 2.28. The lowest BCUT2D eigenvalue weighted by Crippen LogP contribution is -2.31. The van der Waals surface area contributed by atoms with Crippen LogP contribution in [0, 0.1) is 5.92 Å². The van der Waals surface area contributed by atoms with Crippen LogP contribution in [-0.2, 0) is 9.59 Å². The van der Waals surface area contributed by atoms with Gasteiger partial charge >= 0.3 is 0 Å². The van der Waals surface area contributed by atoms with Crippen molar-refractivity contribution >= 4 is 11.8 Å². The lowest BCUT2D eigenvalue weighted by Gasteiger charge is -2.01. The van der Waals surface area contributed by atoms with Crippen molar-refractivity contribution in [2.24, 2.45) is 5.92 Å². The number of carbonyl (C=O) groups is 2. The van der Waals surface area contributed by atoms with Crippen LogP contribution in [0.5, 0.6) is 0 Å². The van der Waals surface area contributed by atoms with E-state index < -0.39 is 0 Å². The molecule has 0 saturated heterocycles. The maximum Gasteiger partial charge on any atom is 0.229 e. The van der Waals surface area contributed by atoms with Crippen molar-refractivity contribution in [1.82, 2.24) is 5.32 Å². The zero-order valence-electron chi connectivity index (χ0n) is 17.0. The van der Waals surface area contributed by atoms with Gasteiger partial charge in [-0.15, -0.1) is 0 Å². The van der Waals surface area contributed by atoms with Crippen LogP contribution in [0.1, 0.15) is 84.0 Å². The molecule has 0 aliphatic heterocycles. The molecule has 150 valence electrons. The molecular weight excluding hydrogens is 334 g/mol. The van der Waals surface area contributed by atoms with E-state index in [-0.39, 0.29) is 17.7 Å². The van der Waals surface area contributed by atoms with E-state index in [0.29, 0.717) is 6.42 Å². The minimum Gasteiger partial charge on any atom is -0.296 e. The van der Waals surface area contributed by atoms with E-state index in [0.717, 1.165) is 44.9 Å². The largest absolute Gasteiger partial charge is 0.296 e. The second-order valence-electron chi connectivity index (χ2n) is 7.17. The predicted molar refractivity (Wildman–Crippen MR) is 114 cm³/mol. The molecular formula is C24H37NO2.